The van der Waals surface area contributed by atoms with Crippen molar-refractivity contribution in [3.05, 3.63) is 71.3 Å². The van der Waals surface area contributed by atoms with Crippen LogP contribution in [0.4, 0.5) is 20.2 Å². The number of nitro benzene ring substituents is 1. The smallest absolute Gasteiger partial charge is 0.387 e. The van der Waals surface area contributed by atoms with E-state index in [1.807, 2.05) is 0 Å². The predicted octanol–water partition coefficient (Wildman–Crippen LogP) is 3.60. The van der Waals surface area contributed by atoms with Crippen molar-refractivity contribution < 1.29 is 32.8 Å². The summed E-state index contributed by atoms with van der Waals surface area (Å²) in [7, 11) is 0. The Morgan fingerprint density at radius 3 is 2.46 bits per heavy atom. The molecule has 0 bridgehead atoms. The Balaban J connectivity index is 1.59. The number of hydrogen-bond acceptors (Lipinski definition) is 9. The van der Waals surface area contributed by atoms with Crippen LogP contribution in [0.15, 0.2) is 66.3 Å². The first-order valence-corrected chi connectivity index (χ1v) is 9.94. The predicted molar refractivity (Wildman–Crippen MR) is 117 cm³/mol. The highest BCUT2D eigenvalue weighted by Gasteiger charge is 2.41. The lowest BCUT2D eigenvalue weighted by Gasteiger charge is -2.17. The van der Waals surface area contributed by atoms with E-state index in [2.05, 4.69) is 19.8 Å². The molecule has 2 heterocycles. The standard InChI is InChI=1S/C22H15F2N5O6/c1-12-19(21(31)34-16-5-2-14(3-6-16)29(32)33)20(30)28(27-12)15-4-7-18(35-22(23)24)17(8-15)13-9-25-11-26-10-13/h2-11,19,22H,1H3. The lowest BCUT2D eigenvalue weighted by molar-refractivity contribution is -0.384. The Kier molecular flexibility index (Phi) is 6.40. The van der Waals surface area contributed by atoms with Gasteiger partial charge in [-0.25, -0.2) is 9.97 Å². The molecule has 1 atom stereocenters. The minimum absolute atomic E-state index is 0.0134. The van der Waals surface area contributed by atoms with Gasteiger partial charge in [0.2, 0.25) is 0 Å². The Hall–Kier alpha value is -4.81. The number of alkyl halides is 2. The number of ether oxygens (including phenoxy) is 2. The second-order valence-electron chi connectivity index (χ2n) is 7.18. The number of nitro groups is 1. The summed E-state index contributed by atoms with van der Waals surface area (Å²) in [5.74, 6) is -3.18. The molecule has 0 saturated carbocycles. The maximum absolute atomic E-state index is 13.0. The summed E-state index contributed by atoms with van der Waals surface area (Å²) in [4.78, 5) is 43.6. The first-order valence-electron chi connectivity index (χ1n) is 9.94. The van der Waals surface area contributed by atoms with Gasteiger partial charge in [-0.1, -0.05) is 0 Å². The number of non-ortho nitro benzene ring substituents is 1. The van der Waals surface area contributed by atoms with Crippen LogP contribution in [-0.4, -0.2) is 39.1 Å². The van der Waals surface area contributed by atoms with Crippen molar-refractivity contribution in [2.45, 2.75) is 13.5 Å². The van der Waals surface area contributed by atoms with Gasteiger partial charge < -0.3 is 9.47 Å². The number of amides is 1. The number of hydrazone groups is 1. The molecule has 0 N–H and O–H groups in total. The van der Waals surface area contributed by atoms with Crippen molar-refractivity contribution in [3.63, 3.8) is 0 Å². The molecule has 1 aliphatic rings. The molecule has 1 amide bonds. The van der Waals surface area contributed by atoms with Gasteiger partial charge >= 0.3 is 12.6 Å². The number of nitrogens with zero attached hydrogens (tertiary/aromatic N) is 5. The summed E-state index contributed by atoms with van der Waals surface area (Å²) in [6.07, 6.45) is 4.03. The highest BCUT2D eigenvalue weighted by atomic mass is 19.3. The fraction of sp³-hybridized carbons (Fsp3) is 0.136. The van der Waals surface area contributed by atoms with Gasteiger partial charge in [-0.2, -0.15) is 18.9 Å². The van der Waals surface area contributed by atoms with Crippen LogP contribution in [0.1, 0.15) is 6.92 Å². The van der Waals surface area contributed by atoms with Gasteiger partial charge in [-0.05, 0) is 37.3 Å². The van der Waals surface area contributed by atoms with E-state index in [9.17, 15) is 28.5 Å². The molecule has 13 heteroatoms. The lowest BCUT2D eigenvalue weighted by atomic mass is 10.0. The molecule has 0 saturated heterocycles. The molecule has 35 heavy (non-hydrogen) atoms. The summed E-state index contributed by atoms with van der Waals surface area (Å²) in [6, 6.07) is 8.74. The Labute approximate surface area is 195 Å². The Morgan fingerprint density at radius 2 is 1.83 bits per heavy atom. The third-order valence-electron chi connectivity index (χ3n) is 4.93. The molecule has 11 nitrogen and oxygen atoms in total. The fourth-order valence-electron chi connectivity index (χ4n) is 3.35. The summed E-state index contributed by atoms with van der Waals surface area (Å²) in [5.41, 5.74) is 0.664. The van der Waals surface area contributed by atoms with Crippen LogP contribution >= 0.6 is 0 Å². The SMILES string of the molecule is CC1=NN(c2ccc(OC(F)F)c(-c3cncnc3)c2)C(=O)C1C(=O)Oc1ccc([N+](=O)[O-])cc1. The largest absolute Gasteiger partial charge is 0.434 e. The van der Waals surface area contributed by atoms with Crippen molar-refractivity contribution in [2.24, 2.45) is 11.0 Å². The first-order chi connectivity index (χ1) is 16.7. The summed E-state index contributed by atoms with van der Waals surface area (Å²) in [6.45, 7) is -1.63. The highest BCUT2D eigenvalue weighted by molar-refractivity contribution is 6.25. The van der Waals surface area contributed by atoms with Gasteiger partial charge in [0, 0.05) is 35.7 Å². The summed E-state index contributed by atoms with van der Waals surface area (Å²) in [5, 5.41) is 15.9. The molecule has 1 aliphatic heterocycles. The van der Waals surface area contributed by atoms with Gasteiger partial charge in [0.05, 0.1) is 16.3 Å². The average molecular weight is 483 g/mol. The van der Waals surface area contributed by atoms with E-state index in [0.29, 0.717) is 5.56 Å². The average Bonchev–Trinajstić information content (AvgIpc) is 3.13. The van der Waals surface area contributed by atoms with Crippen molar-refractivity contribution in [2.75, 3.05) is 5.01 Å². The van der Waals surface area contributed by atoms with Gasteiger partial charge in [0.25, 0.3) is 11.6 Å². The Bertz CT molecular complexity index is 1320. The number of esters is 1. The quantitative estimate of drug-likeness (QED) is 0.163. The van der Waals surface area contributed by atoms with Crippen LogP contribution in [0.25, 0.3) is 11.1 Å². The summed E-state index contributed by atoms with van der Waals surface area (Å²) >= 11 is 0. The zero-order valence-corrected chi connectivity index (χ0v) is 17.9. The van der Waals surface area contributed by atoms with Crippen LogP contribution in [0, 0.1) is 16.0 Å². The number of halogens is 2. The molecule has 2 aromatic carbocycles. The van der Waals surface area contributed by atoms with E-state index in [4.69, 9.17) is 4.74 Å². The second kappa shape index (κ2) is 9.59. The number of hydrogen-bond donors (Lipinski definition) is 0. The first kappa shape index (κ1) is 23.4. The molecule has 3 aromatic rings. The molecule has 1 unspecified atom stereocenters. The van der Waals surface area contributed by atoms with Crippen LogP contribution in [0.5, 0.6) is 11.5 Å². The molecule has 0 aliphatic carbocycles. The molecule has 0 spiro atoms. The van der Waals surface area contributed by atoms with Crippen LogP contribution in [0.2, 0.25) is 0 Å². The number of carbonyl (C=O) groups is 2. The van der Waals surface area contributed by atoms with Crippen LogP contribution in [0.3, 0.4) is 0 Å². The number of aromatic nitrogens is 2. The number of anilines is 1. The molecular formula is C22H15F2N5O6. The molecule has 1 aromatic heterocycles. The van der Waals surface area contributed by atoms with Crippen molar-refractivity contribution in [1.29, 1.82) is 0 Å². The number of carbonyl (C=O) groups excluding carboxylic acids is 2. The number of benzene rings is 2. The van der Waals surface area contributed by atoms with E-state index in [0.717, 1.165) is 17.1 Å². The summed E-state index contributed by atoms with van der Waals surface area (Å²) < 4.78 is 35.5. The van der Waals surface area contributed by atoms with E-state index in [1.165, 1.54) is 56.0 Å². The minimum Gasteiger partial charge on any atom is -0.434 e. The third kappa shape index (κ3) is 4.93. The van der Waals surface area contributed by atoms with Crippen molar-refractivity contribution in [1.82, 2.24) is 9.97 Å². The Morgan fingerprint density at radius 1 is 1.14 bits per heavy atom. The van der Waals surface area contributed by atoms with Crippen molar-refractivity contribution >= 4 is 29.0 Å². The highest BCUT2D eigenvalue weighted by Crippen LogP contribution is 2.36. The second-order valence-corrected chi connectivity index (χ2v) is 7.18. The normalized spacial score (nSPS) is 15.2. The zero-order valence-electron chi connectivity index (χ0n) is 17.9. The van der Waals surface area contributed by atoms with E-state index in [-0.39, 0.29) is 34.1 Å². The monoisotopic (exact) mass is 483 g/mol. The molecular weight excluding hydrogens is 468 g/mol. The maximum Gasteiger partial charge on any atom is 0.387 e. The molecule has 0 radical (unpaired) electrons. The van der Waals surface area contributed by atoms with Gasteiger partial charge in [0.15, 0.2) is 5.92 Å². The van der Waals surface area contributed by atoms with Gasteiger partial charge in [-0.3, -0.25) is 19.7 Å². The van der Waals surface area contributed by atoms with E-state index < -0.39 is 29.3 Å². The molecule has 178 valence electrons. The lowest BCUT2D eigenvalue weighted by Crippen LogP contribution is -2.35. The van der Waals surface area contributed by atoms with Gasteiger partial charge in [-0.15, -0.1) is 0 Å². The molecule has 4 rings (SSSR count). The van der Waals surface area contributed by atoms with Crippen LogP contribution in [-0.2, 0) is 9.59 Å². The third-order valence-corrected chi connectivity index (χ3v) is 4.93. The van der Waals surface area contributed by atoms with Crippen LogP contribution < -0.4 is 14.5 Å². The van der Waals surface area contributed by atoms with Crippen molar-refractivity contribution in [3.8, 4) is 22.6 Å². The topological polar surface area (TPSA) is 137 Å². The van der Waals surface area contributed by atoms with Gasteiger partial charge in [0.1, 0.15) is 17.8 Å². The minimum atomic E-state index is -3.09. The fourth-order valence-corrected chi connectivity index (χ4v) is 3.35. The van der Waals surface area contributed by atoms with E-state index in [1.54, 1.807) is 0 Å². The zero-order chi connectivity index (χ0) is 25.1. The number of rotatable bonds is 7. The maximum atomic E-state index is 13.0. The van der Waals surface area contributed by atoms with E-state index >= 15 is 0 Å². The molecule has 0 fully saturated rings.